The second-order valence-electron chi connectivity index (χ2n) is 4.20. The number of nitrogens with one attached hydrogen (secondary N) is 1. The summed E-state index contributed by atoms with van der Waals surface area (Å²) in [5.74, 6) is 0.465. The van der Waals surface area contributed by atoms with Crippen LogP contribution in [0.1, 0.15) is 5.56 Å². The average Bonchev–Trinajstić information content (AvgIpc) is 2.96. The van der Waals surface area contributed by atoms with Gasteiger partial charge in [-0.2, -0.15) is 5.10 Å². The highest BCUT2D eigenvalue weighted by molar-refractivity contribution is 7.89. The van der Waals surface area contributed by atoms with E-state index in [9.17, 15) is 8.42 Å². The Hall–Kier alpha value is -1.97. The molecule has 8 nitrogen and oxygen atoms in total. The smallest absolute Gasteiger partial charge is 0.243 e. The fourth-order valence-electron chi connectivity index (χ4n) is 1.61. The van der Waals surface area contributed by atoms with Crippen molar-refractivity contribution < 1.29 is 18.3 Å². The highest BCUT2D eigenvalue weighted by atomic mass is 32.2. The molecule has 21 heavy (non-hydrogen) atoms. The number of sulfonamides is 1. The summed E-state index contributed by atoms with van der Waals surface area (Å²) >= 11 is 0. The van der Waals surface area contributed by atoms with E-state index in [1.807, 2.05) is 0 Å². The van der Waals surface area contributed by atoms with Crippen molar-refractivity contribution in [2.75, 3.05) is 13.7 Å². The third kappa shape index (κ3) is 4.00. The van der Waals surface area contributed by atoms with Gasteiger partial charge in [0.25, 0.3) is 0 Å². The number of ether oxygens (including phenoxy) is 1. The summed E-state index contributed by atoms with van der Waals surface area (Å²) in [5, 5.41) is 12.6. The summed E-state index contributed by atoms with van der Waals surface area (Å²) in [4.78, 5) is 4.05. The first-order valence-electron chi connectivity index (χ1n) is 6.17. The second-order valence-corrected chi connectivity index (χ2v) is 5.96. The van der Waals surface area contributed by atoms with Crippen molar-refractivity contribution in [1.29, 1.82) is 0 Å². The molecule has 0 bridgehead atoms. The lowest BCUT2D eigenvalue weighted by Crippen LogP contribution is -2.23. The molecule has 0 spiro atoms. The fraction of sp³-hybridized carbons (Fsp3) is 0.333. The summed E-state index contributed by atoms with van der Waals surface area (Å²) in [6.07, 6.45) is 4.14. The molecule has 0 aromatic carbocycles. The van der Waals surface area contributed by atoms with Crippen LogP contribution in [-0.2, 0) is 23.1 Å². The summed E-state index contributed by atoms with van der Waals surface area (Å²) in [6.45, 7) is 0.258. The third-order valence-electron chi connectivity index (χ3n) is 2.72. The molecule has 2 heterocycles. The maximum atomic E-state index is 12.1. The molecule has 0 aliphatic carbocycles. The van der Waals surface area contributed by atoms with Crippen molar-refractivity contribution in [1.82, 2.24) is 19.5 Å². The Bertz CT molecular complexity index is 682. The largest absolute Gasteiger partial charge is 0.481 e. The van der Waals surface area contributed by atoms with Crippen LogP contribution in [0, 0.1) is 0 Å². The van der Waals surface area contributed by atoms with Gasteiger partial charge < -0.3 is 9.84 Å². The van der Waals surface area contributed by atoms with Crippen LogP contribution in [0.25, 0.3) is 0 Å². The molecule has 114 valence electrons. The molecule has 2 rings (SSSR count). The van der Waals surface area contributed by atoms with E-state index in [4.69, 9.17) is 9.84 Å². The van der Waals surface area contributed by atoms with E-state index in [0.717, 1.165) is 0 Å². The zero-order valence-electron chi connectivity index (χ0n) is 11.4. The van der Waals surface area contributed by atoms with Crippen LogP contribution in [0.4, 0.5) is 0 Å². The zero-order chi connectivity index (χ0) is 15.3. The van der Waals surface area contributed by atoms with Crippen LogP contribution in [0.5, 0.6) is 5.88 Å². The van der Waals surface area contributed by atoms with E-state index in [1.54, 1.807) is 12.1 Å². The first-order chi connectivity index (χ1) is 10.0. The number of aliphatic hydroxyl groups excluding tert-OH is 1. The van der Waals surface area contributed by atoms with Crippen LogP contribution in [-0.4, -0.2) is 42.0 Å². The van der Waals surface area contributed by atoms with Gasteiger partial charge in [0.05, 0.1) is 26.5 Å². The normalized spacial score (nSPS) is 11.5. The van der Waals surface area contributed by atoms with E-state index in [2.05, 4.69) is 14.8 Å². The first-order valence-corrected chi connectivity index (χ1v) is 7.65. The van der Waals surface area contributed by atoms with E-state index in [0.29, 0.717) is 11.4 Å². The summed E-state index contributed by atoms with van der Waals surface area (Å²) in [6, 6.07) is 3.38. The molecule has 2 N–H and O–H groups in total. The zero-order valence-corrected chi connectivity index (χ0v) is 12.2. The Morgan fingerprint density at radius 2 is 2.19 bits per heavy atom. The predicted octanol–water partition coefficient (Wildman–Crippen LogP) is -0.243. The highest BCUT2D eigenvalue weighted by Crippen LogP contribution is 2.10. The quantitative estimate of drug-likeness (QED) is 0.730. The van der Waals surface area contributed by atoms with Gasteiger partial charge in [-0.15, -0.1) is 0 Å². The van der Waals surface area contributed by atoms with Crippen molar-refractivity contribution >= 4 is 10.0 Å². The lowest BCUT2D eigenvalue weighted by Gasteiger charge is -2.05. The van der Waals surface area contributed by atoms with Crippen molar-refractivity contribution in [2.45, 2.75) is 18.0 Å². The molecule has 0 radical (unpaired) electrons. The summed E-state index contributed by atoms with van der Waals surface area (Å²) in [7, 11) is -2.14. The Kier molecular flexibility index (Phi) is 4.89. The van der Waals surface area contributed by atoms with Crippen molar-refractivity contribution in [2.24, 2.45) is 0 Å². The van der Waals surface area contributed by atoms with Gasteiger partial charge in [0.1, 0.15) is 4.90 Å². The number of hydrogen-bond acceptors (Lipinski definition) is 6. The number of aromatic nitrogens is 3. The molecular formula is C12H16N4O4S. The van der Waals surface area contributed by atoms with Crippen LogP contribution >= 0.6 is 0 Å². The number of methoxy groups -OCH3 is 1. The number of hydrogen-bond donors (Lipinski definition) is 2. The van der Waals surface area contributed by atoms with E-state index < -0.39 is 10.0 Å². The van der Waals surface area contributed by atoms with Crippen LogP contribution in [0.15, 0.2) is 35.6 Å². The SMILES string of the molecule is COc1ccc(CNS(=O)(=O)c2cnn(CCO)c2)cn1. The van der Waals surface area contributed by atoms with Gasteiger partial charge in [0, 0.05) is 25.0 Å². The van der Waals surface area contributed by atoms with Gasteiger partial charge in [-0.3, -0.25) is 4.68 Å². The Balaban J connectivity index is 2.02. The van der Waals surface area contributed by atoms with Crippen LogP contribution in [0.2, 0.25) is 0 Å². The predicted molar refractivity (Wildman–Crippen MR) is 74.1 cm³/mol. The minimum absolute atomic E-state index is 0.0532. The standard InChI is InChI=1S/C12H16N4O4S/c1-20-12-3-2-10(6-13-12)7-15-21(18,19)11-8-14-16(9-11)4-5-17/h2-3,6,8-9,15,17H,4-5,7H2,1H3. The monoisotopic (exact) mass is 312 g/mol. The van der Waals surface area contributed by atoms with Gasteiger partial charge in [-0.25, -0.2) is 18.1 Å². The molecule has 0 amide bonds. The van der Waals surface area contributed by atoms with Crippen LogP contribution in [0.3, 0.4) is 0 Å². The summed E-state index contributed by atoms with van der Waals surface area (Å²) in [5.41, 5.74) is 0.710. The molecule has 0 atom stereocenters. The minimum Gasteiger partial charge on any atom is -0.481 e. The molecule has 2 aromatic heterocycles. The lowest BCUT2D eigenvalue weighted by molar-refractivity contribution is 0.269. The average molecular weight is 312 g/mol. The topological polar surface area (TPSA) is 106 Å². The van der Waals surface area contributed by atoms with Gasteiger partial charge in [0.15, 0.2) is 0 Å². The molecule has 0 saturated heterocycles. The van der Waals surface area contributed by atoms with Crippen molar-refractivity contribution in [3.05, 3.63) is 36.3 Å². The fourth-order valence-corrected chi connectivity index (χ4v) is 2.58. The molecule has 0 fully saturated rings. The van der Waals surface area contributed by atoms with Gasteiger partial charge in [-0.05, 0) is 5.56 Å². The van der Waals surface area contributed by atoms with Gasteiger partial charge in [-0.1, -0.05) is 6.07 Å². The van der Waals surface area contributed by atoms with Crippen molar-refractivity contribution in [3.8, 4) is 5.88 Å². The van der Waals surface area contributed by atoms with E-state index in [1.165, 1.54) is 30.4 Å². The maximum Gasteiger partial charge on any atom is 0.243 e. The number of pyridine rings is 1. The molecular weight excluding hydrogens is 296 g/mol. The molecule has 0 aliphatic rings. The van der Waals surface area contributed by atoms with E-state index in [-0.39, 0.29) is 24.6 Å². The Labute approximate surface area is 122 Å². The Morgan fingerprint density at radius 3 is 2.81 bits per heavy atom. The highest BCUT2D eigenvalue weighted by Gasteiger charge is 2.16. The van der Waals surface area contributed by atoms with Gasteiger partial charge >= 0.3 is 0 Å². The number of nitrogens with zero attached hydrogens (tertiary/aromatic N) is 3. The molecule has 0 saturated carbocycles. The molecule has 0 unspecified atom stereocenters. The molecule has 9 heteroatoms. The second kappa shape index (κ2) is 6.66. The third-order valence-corrected chi connectivity index (χ3v) is 4.08. The number of aliphatic hydroxyl groups is 1. The Morgan fingerprint density at radius 1 is 1.38 bits per heavy atom. The van der Waals surface area contributed by atoms with Crippen molar-refractivity contribution in [3.63, 3.8) is 0 Å². The van der Waals surface area contributed by atoms with Gasteiger partial charge in [0.2, 0.25) is 15.9 Å². The maximum absolute atomic E-state index is 12.1. The van der Waals surface area contributed by atoms with Crippen LogP contribution < -0.4 is 9.46 Å². The number of rotatable bonds is 7. The lowest BCUT2D eigenvalue weighted by atomic mass is 10.3. The first kappa shape index (κ1) is 15.4. The summed E-state index contributed by atoms with van der Waals surface area (Å²) < 4.78 is 32.9. The minimum atomic E-state index is -3.65. The van der Waals surface area contributed by atoms with E-state index >= 15 is 0 Å². The molecule has 2 aromatic rings. The molecule has 0 aliphatic heterocycles.